The number of rotatable bonds is 5. The van der Waals surface area contributed by atoms with Crippen LogP contribution in [0, 0.1) is 0 Å². The van der Waals surface area contributed by atoms with E-state index in [4.69, 9.17) is 14.2 Å². The van der Waals surface area contributed by atoms with Gasteiger partial charge in [-0.15, -0.1) is 0 Å². The van der Waals surface area contributed by atoms with Crippen molar-refractivity contribution in [2.75, 3.05) is 40.5 Å². The summed E-state index contributed by atoms with van der Waals surface area (Å²) in [5.41, 5.74) is 0.782. The minimum absolute atomic E-state index is 0.198. The van der Waals surface area contributed by atoms with Crippen molar-refractivity contribution in [1.82, 2.24) is 14.7 Å². The second-order valence-corrected chi connectivity index (χ2v) is 5.12. The molecule has 1 aliphatic heterocycles. The van der Waals surface area contributed by atoms with Gasteiger partial charge in [0.25, 0.3) is 0 Å². The molecule has 0 radical (unpaired) electrons. The molecule has 1 aliphatic rings. The number of morpholine rings is 1. The van der Waals surface area contributed by atoms with E-state index in [1.54, 1.807) is 18.9 Å². The summed E-state index contributed by atoms with van der Waals surface area (Å²) in [5.74, 6) is 0. The molecule has 0 unspecified atom stereocenters. The summed E-state index contributed by atoms with van der Waals surface area (Å²) in [6.45, 7) is 5.24. The summed E-state index contributed by atoms with van der Waals surface area (Å²) in [4.78, 5) is 2.30. The van der Waals surface area contributed by atoms with Gasteiger partial charge in [0.15, 0.2) is 6.29 Å². The van der Waals surface area contributed by atoms with Gasteiger partial charge in [0, 0.05) is 52.7 Å². The van der Waals surface area contributed by atoms with Crippen LogP contribution >= 0.6 is 0 Å². The number of aromatic nitrogens is 2. The standard InChI is InChI=1S/C13H23N3O3/c1-13(11-7-14-15(2)8-11)10-16(5-6-19-13)9-12(17-3)18-4/h7-8,12H,5-6,9-10H2,1-4H3/t13-/m1/s1. The average Bonchev–Trinajstić information content (AvgIpc) is 2.83. The predicted molar refractivity (Wildman–Crippen MR) is 70.8 cm³/mol. The first kappa shape index (κ1) is 14.5. The van der Waals surface area contributed by atoms with Crippen LogP contribution in [-0.4, -0.2) is 61.4 Å². The third-order valence-electron chi connectivity index (χ3n) is 3.60. The highest BCUT2D eigenvalue weighted by molar-refractivity contribution is 5.16. The maximum Gasteiger partial charge on any atom is 0.169 e. The highest BCUT2D eigenvalue weighted by atomic mass is 16.7. The van der Waals surface area contributed by atoms with Crippen molar-refractivity contribution in [2.45, 2.75) is 18.8 Å². The number of methoxy groups -OCH3 is 2. The SMILES string of the molecule is COC(CN1CCO[C@@](C)(c2cnn(C)c2)C1)OC. The molecule has 0 N–H and O–H groups in total. The van der Waals surface area contributed by atoms with E-state index in [9.17, 15) is 0 Å². The lowest BCUT2D eigenvalue weighted by atomic mass is 9.97. The Morgan fingerprint density at radius 2 is 2.21 bits per heavy atom. The third-order valence-corrected chi connectivity index (χ3v) is 3.60. The Bertz CT molecular complexity index is 406. The lowest BCUT2D eigenvalue weighted by molar-refractivity contribution is -0.150. The van der Waals surface area contributed by atoms with Crippen LogP contribution in [0.5, 0.6) is 0 Å². The summed E-state index contributed by atoms with van der Waals surface area (Å²) in [6, 6.07) is 0. The summed E-state index contributed by atoms with van der Waals surface area (Å²) in [5, 5.41) is 4.22. The van der Waals surface area contributed by atoms with Gasteiger partial charge in [-0.1, -0.05) is 0 Å². The maximum absolute atomic E-state index is 5.97. The maximum atomic E-state index is 5.97. The molecule has 1 fully saturated rings. The summed E-state index contributed by atoms with van der Waals surface area (Å²) >= 11 is 0. The molecule has 1 aromatic rings. The number of nitrogens with zero attached hydrogens (tertiary/aromatic N) is 3. The van der Waals surface area contributed by atoms with Crippen LogP contribution in [0.4, 0.5) is 0 Å². The van der Waals surface area contributed by atoms with Gasteiger partial charge < -0.3 is 14.2 Å². The number of ether oxygens (including phenoxy) is 3. The first-order chi connectivity index (χ1) is 9.07. The van der Waals surface area contributed by atoms with Crippen LogP contribution < -0.4 is 0 Å². The lowest BCUT2D eigenvalue weighted by Gasteiger charge is -2.40. The van der Waals surface area contributed by atoms with E-state index in [1.165, 1.54) is 0 Å². The smallest absolute Gasteiger partial charge is 0.169 e. The molecule has 1 saturated heterocycles. The van der Waals surface area contributed by atoms with Crippen molar-refractivity contribution < 1.29 is 14.2 Å². The van der Waals surface area contributed by atoms with E-state index in [1.807, 2.05) is 19.4 Å². The number of aryl methyl sites for hydroxylation is 1. The Balaban J connectivity index is 2.03. The molecule has 1 atom stereocenters. The molecular formula is C13H23N3O3. The minimum Gasteiger partial charge on any atom is -0.368 e. The molecule has 6 heteroatoms. The van der Waals surface area contributed by atoms with Crippen LogP contribution in [0.2, 0.25) is 0 Å². The van der Waals surface area contributed by atoms with E-state index < -0.39 is 0 Å². The molecule has 0 spiro atoms. The van der Waals surface area contributed by atoms with E-state index in [0.717, 1.165) is 25.2 Å². The van der Waals surface area contributed by atoms with Crippen molar-refractivity contribution in [3.8, 4) is 0 Å². The molecule has 1 aromatic heterocycles. The fourth-order valence-electron chi connectivity index (χ4n) is 2.43. The first-order valence-corrected chi connectivity index (χ1v) is 6.48. The van der Waals surface area contributed by atoms with Gasteiger partial charge in [0.05, 0.1) is 12.8 Å². The molecule has 0 saturated carbocycles. The molecule has 2 rings (SSSR count). The van der Waals surface area contributed by atoms with Crippen molar-refractivity contribution in [3.63, 3.8) is 0 Å². The second kappa shape index (κ2) is 6.00. The molecule has 0 amide bonds. The highest BCUT2D eigenvalue weighted by Crippen LogP contribution is 2.29. The third kappa shape index (κ3) is 3.33. The van der Waals surface area contributed by atoms with Crippen molar-refractivity contribution >= 4 is 0 Å². The zero-order valence-electron chi connectivity index (χ0n) is 12.1. The monoisotopic (exact) mass is 269 g/mol. The van der Waals surface area contributed by atoms with Crippen LogP contribution in [0.3, 0.4) is 0 Å². The normalized spacial score (nSPS) is 25.1. The summed E-state index contributed by atoms with van der Waals surface area (Å²) in [7, 11) is 5.24. The first-order valence-electron chi connectivity index (χ1n) is 6.48. The molecular weight excluding hydrogens is 246 g/mol. The average molecular weight is 269 g/mol. The van der Waals surface area contributed by atoms with Crippen molar-refractivity contribution in [3.05, 3.63) is 18.0 Å². The van der Waals surface area contributed by atoms with E-state index in [-0.39, 0.29) is 11.9 Å². The Kier molecular flexibility index (Phi) is 4.57. The topological polar surface area (TPSA) is 48.8 Å². The van der Waals surface area contributed by atoms with E-state index in [0.29, 0.717) is 6.61 Å². The van der Waals surface area contributed by atoms with Gasteiger partial charge in [-0.3, -0.25) is 9.58 Å². The van der Waals surface area contributed by atoms with Crippen molar-refractivity contribution in [1.29, 1.82) is 0 Å². The Hall–Kier alpha value is -0.950. The number of hydrogen-bond donors (Lipinski definition) is 0. The number of hydrogen-bond acceptors (Lipinski definition) is 5. The molecule has 19 heavy (non-hydrogen) atoms. The molecule has 2 heterocycles. The Labute approximate surface area is 114 Å². The largest absolute Gasteiger partial charge is 0.368 e. The van der Waals surface area contributed by atoms with Crippen molar-refractivity contribution in [2.24, 2.45) is 7.05 Å². The van der Waals surface area contributed by atoms with Crippen LogP contribution in [0.15, 0.2) is 12.4 Å². The highest BCUT2D eigenvalue weighted by Gasteiger charge is 2.35. The molecule has 0 bridgehead atoms. The van der Waals surface area contributed by atoms with Crippen LogP contribution in [0.1, 0.15) is 12.5 Å². The fourth-order valence-corrected chi connectivity index (χ4v) is 2.43. The van der Waals surface area contributed by atoms with Gasteiger partial charge in [-0.25, -0.2) is 0 Å². The van der Waals surface area contributed by atoms with Gasteiger partial charge in [-0.05, 0) is 6.92 Å². The van der Waals surface area contributed by atoms with Crippen LogP contribution in [0.25, 0.3) is 0 Å². The molecule has 0 aromatic carbocycles. The zero-order chi connectivity index (χ0) is 13.9. The second-order valence-electron chi connectivity index (χ2n) is 5.12. The summed E-state index contributed by atoms with van der Waals surface area (Å²) < 4.78 is 18.3. The lowest BCUT2D eigenvalue weighted by Crippen LogP contribution is -2.50. The molecule has 108 valence electrons. The Morgan fingerprint density at radius 1 is 1.47 bits per heavy atom. The van der Waals surface area contributed by atoms with Crippen LogP contribution in [-0.2, 0) is 26.9 Å². The minimum atomic E-state index is -0.321. The van der Waals surface area contributed by atoms with Gasteiger partial charge in [0.1, 0.15) is 5.60 Å². The zero-order valence-corrected chi connectivity index (χ0v) is 12.1. The van der Waals surface area contributed by atoms with E-state index >= 15 is 0 Å². The Morgan fingerprint density at radius 3 is 2.79 bits per heavy atom. The van der Waals surface area contributed by atoms with E-state index in [2.05, 4.69) is 16.9 Å². The van der Waals surface area contributed by atoms with Gasteiger partial charge in [0.2, 0.25) is 0 Å². The summed E-state index contributed by atoms with van der Waals surface area (Å²) in [6.07, 6.45) is 3.68. The molecule has 6 nitrogen and oxygen atoms in total. The molecule has 0 aliphatic carbocycles. The fraction of sp³-hybridized carbons (Fsp3) is 0.769. The van der Waals surface area contributed by atoms with Gasteiger partial charge >= 0.3 is 0 Å². The predicted octanol–water partition coefficient (Wildman–Crippen LogP) is 0.586. The van der Waals surface area contributed by atoms with Gasteiger partial charge in [-0.2, -0.15) is 5.10 Å². The quantitative estimate of drug-likeness (QED) is 0.732.